The number of furan rings is 1. The third kappa shape index (κ3) is 5.29. The predicted molar refractivity (Wildman–Crippen MR) is 107 cm³/mol. The summed E-state index contributed by atoms with van der Waals surface area (Å²) in [5.74, 6) is 1.71. The molecule has 0 aliphatic rings. The highest BCUT2D eigenvalue weighted by molar-refractivity contribution is 5.92. The third-order valence-corrected chi connectivity index (χ3v) is 4.33. The number of benzene rings is 1. The van der Waals surface area contributed by atoms with Crippen LogP contribution in [0, 0.1) is 0 Å². The lowest BCUT2D eigenvalue weighted by molar-refractivity contribution is -0.117. The Kier molecular flexibility index (Phi) is 6.60. The lowest BCUT2D eigenvalue weighted by atomic mass is 10.0. The lowest BCUT2D eigenvalue weighted by Gasteiger charge is -2.19. The summed E-state index contributed by atoms with van der Waals surface area (Å²) in [5.41, 5.74) is 2.04. The van der Waals surface area contributed by atoms with E-state index in [0.29, 0.717) is 30.0 Å². The van der Waals surface area contributed by atoms with Crippen molar-refractivity contribution in [2.24, 2.45) is 0 Å². The van der Waals surface area contributed by atoms with Crippen molar-refractivity contribution in [1.29, 1.82) is 0 Å². The number of amides is 1. The van der Waals surface area contributed by atoms with E-state index in [2.05, 4.69) is 36.3 Å². The van der Waals surface area contributed by atoms with Crippen LogP contribution in [0.5, 0.6) is 0 Å². The second kappa shape index (κ2) is 9.32. The van der Waals surface area contributed by atoms with Gasteiger partial charge in [-0.2, -0.15) is 0 Å². The van der Waals surface area contributed by atoms with E-state index in [-0.39, 0.29) is 12.5 Å². The smallest absolute Gasteiger partial charge is 0.283 e. The van der Waals surface area contributed by atoms with Gasteiger partial charge in [-0.1, -0.05) is 32.9 Å². The van der Waals surface area contributed by atoms with Gasteiger partial charge in [0.1, 0.15) is 0 Å². The van der Waals surface area contributed by atoms with Gasteiger partial charge in [0.25, 0.3) is 5.89 Å². The van der Waals surface area contributed by atoms with E-state index in [0.717, 1.165) is 18.7 Å². The zero-order valence-electron chi connectivity index (χ0n) is 16.5. The van der Waals surface area contributed by atoms with Crippen LogP contribution in [0.1, 0.15) is 44.6 Å². The molecule has 0 aliphatic heterocycles. The molecule has 2 aromatic heterocycles. The van der Waals surface area contributed by atoms with Gasteiger partial charge in [0.15, 0.2) is 5.76 Å². The van der Waals surface area contributed by atoms with Crippen LogP contribution in [-0.2, 0) is 11.3 Å². The third-order valence-electron chi connectivity index (χ3n) is 4.33. The summed E-state index contributed by atoms with van der Waals surface area (Å²) in [5, 5.41) is 11.0. The second-order valence-electron chi connectivity index (χ2n) is 7.01. The molecule has 0 atom stereocenters. The van der Waals surface area contributed by atoms with E-state index >= 15 is 0 Å². The summed E-state index contributed by atoms with van der Waals surface area (Å²) in [6, 6.07) is 11.5. The van der Waals surface area contributed by atoms with Crippen LogP contribution in [-0.4, -0.2) is 34.1 Å². The van der Waals surface area contributed by atoms with E-state index in [1.54, 1.807) is 18.4 Å². The number of anilines is 1. The Morgan fingerprint density at radius 2 is 1.96 bits per heavy atom. The van der Waals surface area contributed by atoms with Crippen molar-refractivity contribution in [2.45, 2.75) is 39.7 Å². The molecular weight excluding hydrogens is 356 g/mol. The molecule has 0 aliphatic carbocycles. The summed E-state index contributed by atoms with van der Waals surface area (Å²) in [4.78, 5) is 14.4. The fourth-order valence-electron chi connectivity index (χ4n) is 2.89. The molecule has 1 aromatic carbocycles. The molecule has 1 amide bonds. The summed E-state index contributed by atoms with van der Waals surface area (Å²) in [7, 11) is 0. The zero-order chi connectivity index (χ0) is 19.9. The van der Waals surface area contributed by atoms with E-state index in [1.807, 2.05) is 29.2 Å². The first kappa shape index (κ1) is 19.8. The number of carbonyl (C=O) groups is 1. The molecular formula is C21H26N4O3. The molecule has 0 saturated carbocycles. The monoisotopic (exact) mass is 382 g/mol. The minimum absolute atomic E-state index is 0.0727. The maximum absolute atomic E-state index is 12.5. The number of aromatic nitrogens is 2. The fraction of sp³-hybridized carbons (Fsp3) is 0.381. The maximum atomic E-state index is 12.5. The molecule has 0 bridgehead atoms. The standard InChI is InChI=1S/C21H26N4O3/c1-4-11-25(14-20-23-24-21(28-20)18-6-5-12-27-18)13-19(26)22-17-9-7-16(8-10-17)15(2)3/h5-10,12,15H,4,11,13-14H2,1-3H3,(H,22,26). The van der Waals surface area contributed by atoms with E-state index in [9.17, 15) is 4.79 Å². The van der Waals surface area contributed by atoms with Crippen LogP contribution in [0.15, 0.2) is 51.5 Å². The molecule has 0 unspecified atom stereocenters. The number of nitrogens with zero attached hydrogens (tertiary/aromatic N) is 3. The Hall–Kier alpha value is -2.93. The van der Waals surface area contributed by atoms with Crippen LogP contribution in [0.3, 0.4) is 0 Å². The largest absolute Gasteiger partial charge is 0.459 e. The van der Waals surface area contributed by atoms with Crippen molar-refractivity contribution < 1.29 is 13.6 Å². The van der Waals surface area contributed by atoms with Crippen LogP contribution in [0.2, 0.25) is 0 Å². The molecule has 2 heterocycles. The average molecular weight is 382 g/mol. The van der Waals surface area contributed by atoms with Gasteiger partial charge in [-0.05, 0) is 48.7 Å². The normalized spacial score (nSPS) is 11.3. The highest BCUT2D eigenvalue weighted by Gasteiger charge is 2.16. The van der Waals surface area contributed by atoms with Crippen LogP contribution in [0.4, 0.5) is 5.69 Å². The number of nitrogens with one attached hydrogen (secondary N) is 1. The summed E-state index contributed by atoms with van der Waals surface area (Å²) in [6.45, 7) is 7.76. The minimum atomic E-state index is -0.0727. The SMILES string of the molecule is CCCN(CC(=O)Nc1ccc(C(C)C)cc1)Cc1nnc(-c2ccco2)o1. The summed E-state index contributed by atoms with van der Waals surface area (Å²) >= 11 is 0. The van der Waals surface area contributed by atoms with Gasteiger partial charge in [0, 0.05) is 5.69 Å². The topological polar surface area (TPSA) is 84.4 Å². The Bertz CT molecular complexity index is 869. The molecule has 3 aromatic rings. The first-order valence-corrected chi connectivity index (χ1v) is 9.53. The maximum Gasteiger partial charge on any atom is 0.283 e. The number of carbonyl (C=O) groups excluding carboxylic acids is 1. The van der Waals surface area contributed by atoms with Gasteiger partial charge >= 0.3 is 0 Å². The van der Waals surface area contributed by atoms with Gasteiger partial charge in [0.05, 0.1) is 19.4 Å². The number of hydrogen-bond acceptors (Lipinski definition) is 6. The van der Waals surface area contributed by atoms with Gasteiger partial charge in [-0.3, -0.25) is 9.69 Å². The van der Waals surface area contributed by atoms with Crippen molar-refractivity contribution in [2.75, 3.05) is 18.4 Å². The highest BCUT2D eigenvalue weighted by Crippen LogP contribution is 2.19. The summed E-state index contributed by atoms with van der Waals surface area (Å²) < 4.78 is 10.9. The molecule has 0 fully saturated rings. The van der Waals surface area contributed by atoms with E-state index in [1.165, 1.54) is 5.56 Å². The molecule has 0 saturated heterocycles. The van der Waals surface area contributed by atoms with Crippen molar-refractivity contribution in [1.82, 2.24) is 15.1 Å². The molecule has 148 valence electrons. The van der Waals surface area contributed by atoms with Crippen molar-refractivity contribution in [3.05, 3.63) is 54.1 Å². The van der Waals surface area contributed by atoms with E-state index < -0.39 is 0 Å². The lowest BCUT2D eigenvalue weighted by Crippen LogP contribution is -2.33. The average Bonchev–Trinajstić information content (AvgIpc) is 3.33. The Balaban J connectivity index is 1.58. The first-order valence-electron chi connectivity index (χ1n) is 9.53. The Labute approximate surface area is 164 Å². The Morgan fingerprint density at radius 1 is 1.18 bits per heavy atom. The van der Waals surface area contributed by atoms with Gasteiger partial charge in [-0.25, -0.2) is 0 Å². The fourth-order valence-corrected chi connectivity index (χ4v) is 2.89. The van der Waals surface area contributed by atoms with Crippen LogP contribution < -0.4 is 5.32 Å². The van der Waals surface area contributed by atoms with Crippen molar-refractivity contribution in [3.63, 3.8) is 0 Å². The number of hydrogen-bond donors (Lipinski definition) is 1. The van der Waals surface area contributed by atoms with Crippen molar-refractivity contribution >= 4 is 11.6 Å². The second-order valence-corrected chi connectivity index (χ2v) is 7.01. The van der Waals surface area contributed by atoms with Crippen LogP contribution in [0.25, 0.3) is 11.7 Å². The highest BCUT2D eigenvalue weighted by atomic mass is 16.4. The minimum Gasteiger partial charge on any atom is -0.459 e. The summed E-state index contributed by atoms with van der Waals surface area (Å²) in [6.07, 6.45) is 2.47. The Morgan fingerprint density at radius 3 is 2.61 bits per heavy atom. The predicted octanol–water partition coefficient (Wildman–Crippen LogP) is 4.30. The molecule has 28 heavy (non-hydrogen) atoms. The number of rotatable bonds is 9. The first-order chi connectivity index (χ1) is 13.5. The molecule has 3 rings (SSSR count). The van der Waals surface area contributed by atoms with Gasteiger partial charge in [-0.15, -0.1) is 10.2 Å². The molecule has 0 radical (unpaired) electrons. The van der Waals surface area contributed by atoms with Crippen molar-refractivity contribution in [3.8, 4) is 11.7 Å². The zero-order valence-corrected chi connectivity index (χ0v) is 16.5. The van der Waals surface area contributed by atoms with E-state index in [4.69, 9.17) is 8.83 Å². The van der Waals surface area contributed by atoms with Gasteiger partial charge in [0.2, 0.25) is 11.8 Å². The quantitative estimate of drug-likeness (QED) is 0.594. The van der Waals surface area contributed by atoms with Crippen LogP contribution >= 0.6 is 0 Å². The molecule has 0 spiro atoms. The molecule has 7 nitrogen and oxygen atoms in total. The molecule has 1 N–H and O–H groups in total. The van der Waals surface area contributed by atoms with Gasteiger partial charge < -0.3 is 14.2 Å². The molecule has 7 heteroatoms.